The van der Waals surface area contributed by atoms with Crippen molar-refractivity contribution in [3.05, 3.63) is 33.9 Å². The van der Waals surface area contributed by atoms with Crippen LogP contribution in [0.5, 0.6) is 0 Å². The van der Waals surface area contributed by atoms with Gasteiger partial charge in [-0.15, -0.1) is 0 Å². The fourth-order valence-electron chi connectivity index (χ4n) is 2.93. The van der Waals surface area contributed by atoms with E-state index in [0.29, 0.717) is 12.0 Å². The second-order valence-corrected chi connectivity index (χ2v) is 5.69. The second-order valence-electron chi connectivity index (χ2n) is 5.69. The van der Waals surface area contributed by atoms with Crippen LogP contribution in [0.15, 0.2) is 18.2 Å². The fourth-order valence-corrected chi connectivity index (χ4v) is 2.93. The molecule has 1 aliphatic heterocycles. The summed E-state index contributed by atoms with van der Waals surface area (Å²) >= 11 is 0. The van der Waals surface area contributed by atoms with Crippen molar-refractivity contribution in [2.45, 2.75) is 39.7 Å². The number of nitrogens with zero attached hydrogens (tertiary/aromatic N) is 2. The van der Waals surface area contributed by atoms with Gasteiger partial charge < -0.3 is 4.90 Å². The minimum Gasteiger partial charge on any atom is -0.369 e. The molecule has 2 atom stereocenters. The van der Waals surface area contributed by atoms with Crippen molar-refractivity contribution in [3.63, 3.8) is 0 Å². The highest BCUT2D eigenvalue weighted by molar-refractivity contribution is 5.99. The van der Waals surface area contributed by atoms with Crippen molar-refractivity contribution in [3.8, 4) is 0 Å². The lowest BCUT2D eigenvalue weighted by molar-refractivity contribution is -0.385. The molecule has 1 heterocycles. The molecule has 20 heavy (non-hydrogen) atoms. The summed E-state index contributed by atoms with van der Waals surface area (Å²) in [5.74, 6) is 0.433. The van der Waals surface area contributed by atoms with Gasteiger partial charge in [0.2, 0.25) is 0 Å². The van der Waals surface area contributed by atoms with Crippen LogP contribution in [-0.2, 0) is 0 Å². The maximum atomic E-state index is 11.6. The van der Waals surface area contributed by atoms with E-state index in [0.717, 1.165) is 25.1 Å². The molecule has 0 spiro atoms. The maximum absolute atomic E-state index is 11.6. The Balaban J connectivity index is 2.36. The molecule has 0 bridgehead atoms. The van der Waals surface area contributed by atoms with E-state index in [4.69, 9.17) is 0 Å². The lowest BCUT2D eigenvalue weighted by atomic mass is 9.92. The highest BCUT2D eigenvalue weighted by Gasteiger charge is 2.25. The van der Waals surface area contributed by atoms with Crippen molar-refractivity contribution in [1.82, 2.24) is 0 Å². The number of piperidine rings is 1. The first-order valence-electron chi connectivity index (χ1n) is 6.96. The van der Waals surface area contributed by atoms with Gasteiger partial charge in [-0.25, -0.2) is 0 Å². The molecule has 0 aromatic heterocycles. The third kappa shape index (κ3) is 2.81. The monoisotopic (exact) mass is 276 g/mol. The van der Waals surface area contributed by atoms with Gasteiger partial charge in [0, 0.05) is 24.3 Å². The maximum Gasteiger partial charge on any atom is 0.280 e. The minimum atomic E-state index is -0.498. The molecular formula is C15H20N2O3. The minimum absolute atomic E-state index is 0.112. The number of nitro groups is 1. The first-order chi connectivity index (χ1) is 9.40. The first-order valence-corrected chi connectivity index (χ1v) is 6.96. The van der Waals surface area contributed by atoms with Crippen LogP contribution in [0.1, 0.15) is 44.0 Å². The van der Waals surface area contributed by atoms with Gasteiger partial charge >= 0.3 is 0 Å². The summed E-state index contributed by atoms with van der Waals surface area (Å²) in [5.41, 5.74) is 0.984. The molecule has 1 saturated heterocycles. The molecule has 1 aromatic carbocycles. The standard InChI is InChI=1S/C15H20N2O3/c1-10-6-7-16(11(2)8-10)13-4-5-15(17(19)20)14(9-13)12(3)18/h4-5,9-11H,6-8H2,1-3H3. The Bertz CT molecular complexity index is 542. The van der Waals surface area contributed by atoms with Gasteiger partial charge in [0.25, 0.3) is 5.69 Å². The third-order valence-corrected chi connectivity index (χ3v) is 4.03. The number of anilines is 1. The summed E-state index contributed by atoms with van der Waals surface area (Å²) in [4.78, 5) is 24.3. The van der Waals surface area contributed by atoms with E-state index in [9.17, 15) is 14.9 Å². The van der Waals surface area contributed by atoms with E-state index in [-0.39, 0.29) is 17.0 Å². The van der Waals surface area contributed by atoms with Gasteiger partial charge in [-0.2, -0.15) is 0 Å². The van der Waals surface area contributed by atoms with Crippen LogP contribution < -0.4 is 4.90 Å². The molecular weight excluding hydrogens is 256 g/mol. The molecule has 1 aliphatic rings. The van der Waals surface area contributed by atoms with Gasteiger partial charge in [0.05, 0.1) is 10.5 Å². The molecule has 5 heteroatoms. The normalized spacial score (nSPS) is 22.6. The number of benzene rings is 1. The predicted molar refractivity (Wildman–Crippen MR) is 78.3 cm³/mol. The number of Topliss-reactive ketones (excluding diaryl/α,β-unsaturated/α-hetero) is 1. The van der Waals surface area contributed by atoms with Crippen molar-refractivity contribution < 1.29 is 9.72 Å². The Morgan fingerprint density at radius 1 is 1.40 bits per heavy atom. The third-order valence-electron chi connectivity index (χ3n) is 4.03. The van der Waals surface area contributed by atoms with E-state index >= 15 is 0 Å². The fraction of sp³-hybridized carbons (Fsp3) is 0.533. The van der Waals surface area contributed by atoms with Gasteiger partial charge in [-0.3, -0.25) is 14.9 Å². The highest BCUT2D eigenvalue weighted by Crippen LogP contribution is 2.31. The lowest BCUT2D eigenvalue weighted by Gasteiger charge is -2.38. The van der Waals surface area contributed by atoms with Gasteiger partial charge in [-0.05, 0) is 44.7 Å². The Morgan fingerprint density at radius 3 is 2.65 bits per heavy atom. The van der Waals surface area contributed by atoms with Gasteiger partial charge in [0.15, 0.2) is 5.78 Å². The molecule has 2 rings (SSSR count). The number of hydrogen-bond donors (Lipinski definition) is 0. The summed E-state index contributed by atoms with van der Waals surface area (Å²) in [6.45, 7) is 6.69. The molecule has 1 aromatic rings. The lowest BCUT2D eigenvalue weighted by Crippen LogP contribution is -2.40. The Hall–Kier alpha value is -1.91. The van der Waals surface area contributed by atoms with E-state index in [1.54, 1.807) is 12.1 Å². The zero-order valence-corrected chi connectivity index (χ0v) is 12.1. The molecule has 0 amide bonds. The van der Waals surface area contributed by atoms with Crippen LogP contribution in [-0.4, -0.2) is 23.3 Å². The van der Waals surface area contributed by atoms with E-state index in [1.807, 2.05) is 0 Å². The van der Waals surface area contributed by atoms with Gasteiger partial charge in [0.1, 0.15) is 0 Å². The Labute approximate surface area is 118 Å². The summed E-state index contributed by atoms with van der Waals surface area (Å²) in [6, 6.07) is 5.24. The Kier molecular flexibility index (Phi) is 4.06. The van der Waals surface area contributed by atoms with Gasteiger partial charge in [-0.1, -0.05) is 6.92 Å². The quantitative estimate of drug-likeness (QED) is 0.482. The second kappa shape index (κ2) is 5.61. The zero-order valence-electron chi connectivity index (χ0n) is 12.1. The number of ketones is 1. The summed E-state index contributed by atoms with van der Waals surface area (Å²) < 4.78 is 0. The number of carbonyl (C=O) groups is 1. The van der Waals surface area contributed by atoms with Crippen LogP contribution in [0, 0.1) is 16.0 Å². The highest BCUT2D eigenvalue weighted by atomic mass is 16.6. The molecule has 0 N–H and O–H groups in total. The molecule has 0 radical (unpaired) electrons. The van der Waals surface area contributed by atoms with Crippen LogP contribution in [0.3, 0.4) is 0 Å². The Morgan fingerprint density at radius 2 is 2.10 bits per heavy atom. The largest absolute Gasteiger partial charge is 0.369 e. The van der Waals surface area contributed by atoms with Crippen molar-refractivity contribution >= 4 is 17.2 Å². The number of carbonyl (C=O) groups excluding carboxylic acids is 1. The summed E-state index contributed by atoms with van der Waals surface area (Å²) in [5, 5.41) is 11.0. The van der Waals surface area contributed by atoms with Crippen LogP contribution >= 0.6 is 0 Å². The predicted octanol–water partition coefficient (Wildman–Crippen LogP) is 3.42. The molecule has 1 fully saturated rings. The van der Waals surface area contributed by atoms with Crippen LogP contribution in [0.25, 0.3) is 0 Å². The van der Waals surface area contributed by atoms with Crippen LogP contribution in [0.4, 0.5) is 11.4 Å². The van der Waals surface area contributed by atoms with Crippen LogP contribution in [0.2, 0.25) is 0 Å². The van der Waals surface area contributed by atoms with Crippen molar-refractivity contribution in [2.24, 2.45) is 5.92 Å². The smallest absolute Gasteiger partial charge is 0.280 e. The number of nitro benzene ring substituents is 1. The van der Waals surface area contributed by atoms with Crippen molar-refractivity contribution in [2.75, 3.05) is 11.4 Å². The average Bonchev–Trinajstić information content (AvgIpc) is 2.37. The zero-order chi connectivity index (χ0) is 14.9. The van der Waals surface area contributed by atoms with E-state index in [2.05, 4.69) is 18.7 Å². The topological polar surface area (TPSA) is 63.5 Å². The number of hydrogen-bond acceptors (Lipinski definition) is 4. The molecule has 5 nitrogen and oxygen atoms in total. The van der Waals surface area contributed by atoms with E-state index in [1.165, 1.54) is 13.0 Å². The molecule has 0 aliphatic carbocycles. The molecule has 0 saturated carbocycles. The molecule has 108 valence electrons. The van der Waals surface area contributed by atoms with Crippen molar-refractivity contribution in [1.29, 1.82) is 0 Å². The summed E-state index contributed by atoms with van der Waals surface area (Å²) in [6.07, 6.45) is 2.21. The summed E-state index contributed by atoms with van der Waals surface area (Å²) in [7, 11) is 0. The average molecular weight is 276 g/mol. The number of rotatable bonds is 3. The SMILES string of the molecule is CC(=O)c1cc(N2CCC(C)CC2C)ccc1[N+](=O)[O-]. The molecule has 2 unspecified atom stereocenters. The first kappa shape index (κ1) is 14.5. The van der Waals surface area contributed by atoms with E-state index < -0.39 is 4.92 Å².